The van der Waals surface area contributed by atoms with Crippen molar-refractivity contribution in [3.8, 4) is 23.6 Å². The van der Waals surface area contributed by atoms with Crippen molar-refractivity contribution in [3.05, 3.63) is 77.8 Å². The van der Waals surface area contributed by atoms with Crippen molar-refractivity contribution in [2.45, 2.75) is 50.5 Å². The lowest BCUT2D eigenvalue weighted by Gasteiger charge is -2.31. The molecule has 4 atom stereocenters. The van der Waals surface area contributed by atoms with Gasteiger partial charge in [0.2, 0.25) is 0 Å². The molecule has 3 fully saturated rings. The molecule has 202 valence electrons. The molecule has 3 aliphatic rings. The first-order chi connectivity index (χ1) is 19.0. The summed E-state index contributed by atoms with van der Waals surface area (Å²) in [7, 11) is 0. The molecule has 1 aliphatic heterocycles. The minimum absolute atomic E-state index is 0.0779. The molecule has 1 N–H and O–H groups in total. The summed E-state index contributed by atoms with van der Waals surface area (Å²) < 4.78 is 30.3. The number of imidazole rings is 1. The second-order valence-electron chi connectivity index (χ2n) is 11.3. The molecule has 2 saturated carbocycles. The molecule has 2 aromatic carbocycles. The number of terminal acetylenes is 1. The summed E-state index contributed by atoms with van der Waals surface area (Å²) in [5.41, 5.74) is 2.84. The zero-order valence-electron chi connectivity index (χ0n) is 22.1. The summed E-state index contributed by atoms with van der Waals surface area (Å²) >= 11 is 0. The first kappa shape index (κ1) is 25.8. The number of amides is 1. The van der Waals surface area contributed by atoms with Gasteiger partial charge in [0.05, 0.1) is 12.0 Å². The lowest BCUT2D eigenvalue weighted by molar-refractivity contribution is 0.0732. The van der Waals surface area contributed by atoms with Gasteiger partial charge in [0.25, 0.3) is 5.91 Å². The molecule has 2 heterocycles. The van der Waals surface area contributed by atoms with Gasteiger partial charge >= 0.3 is 0 Å². The Labute approximate surface area is 228 Å². The monoisotopic (exact) mass is 528 g/mol. The number of halogens is 2. The Morgan fingerprint density at radius 1 is 1.08 bits per heavy atom. The third kappa shape index (κ3) is 4.87. The van der Waals surface area contributed by atoms with Crippen molar-refractivity contribution in [3.63, 3.8) is 0 Å². The van der Waals surface area contributed by atoms with E-state index in [9.17, 15) is 13.6 Å². The van der Waals surface area contributed by atoms with Crippen LogP contribution in [-0.4, -0.2) is 46.5 Å². The fraction of sp³-hybridized carbons (Fsp3) is 0.438. The smallest absolute Gasteiger partial charge is 0.274 e. The summed E-state index contributed by atoms with van der Waals surface area (Å²) in [6, 6.07) is 13.8. The highest BCUT2D eigenvalue weighted by Crippen LogP contribution is 2.67. The van der Waals surface area contributed by atoms with Gasteiger partial charge in [-0.25, -0.2) is 13.8 Å². The number of rotatable bonds is 4. The van der Waals surface area contributed by atoms with E-state index in [1.54, 1.807) is 4.90 Å². The molecule has 3 aromatic rings. The topological polar surface area (TPSA) is 50.2 Å². The molecule has 6 rings (SSSR count). The lowest BCUT2D eigenvalue weighted by atomic mass is 9.76. The average Bonchev–Trinajstić information content (AvgIpc) is 3.44. The van der Waals surface area contributed by atoms with E-state index in [0.29, 0.717) is 37.3 Å². The summed E-state index contributed by atoms with van der Waals surface area (Å²) in [6.07, 6.45) is 14.0. The Morgan fingerprint density at radius 2 is 1.87 bits per heavy atom. The van der Waals surface area contributed by atoms with E-state index in [-0.39, 0.29) is 29.2 Å². The van der Waals surface area contributed by atoms with E-state index in [1.807, 2.05) is 36.7 Å². The van der Waals surface area contributed by atoms with Crippen molar-refractivity contribution >= 4 is 5.91 Å². The number of benzene rings is 2. The number of nitrogens with one attached hydrogen (secondary N) is 1. The van der Waals surface area contributed by atoms with Gasteiger partial charge < -0.3 is 14.8 Å². The third-order valence-electron chi connectivity index (χ3n) is 9.05. The Hall–Kier alpha value is -3.50. The maximum Gasteiger partial charge on any atom is 0.274 e. The van der Waals surface area contributed by atoms with E-state index in [1.165, 1.54) is 25.0 Å². The summed E-state index contributed by atoms with van der Waals surface area (Å²) in [5, 5.41) is 3.36. The van der Waals surface area contributed by atoms with Crippen molar-refractivity contribution in [2.75, 3.05) is 26.2 Å². The second kappa shape index (κ2) is 10.6. The Bertz CT molecular complexity index is 1380. The normalized spacial score (nSPS) is 27.0. The SMILES string of the molecule is C#CC1CCCC[C@@]12CC2n1cnc(C(=O)N2CCNCCC(c3cc(F)cc(F)c3)C2)c1-c1ccccc1. The van der Waals surface area contributed by atoms with E-state index in [2.05, 4.69) is 15.8 Å². The molecule has 7 heteroatoms. The molecular weight excluding hydrogens is 494 g/mol. The van der Waals surface area contributed by atoms with Gasteiger partial charge in [-0.3, -0.25) is 4.79 Å². The standard InChI is InChI=1S/C32H34F2N4O/c1-2-25-10-6-7-12-32(25)19-28(32)38-21-36-29(30(38)22-8-4-3-5-9-22)31(39)37-15-14-35-13-11-23(20-37)24-16-26(33)18-27(34)17-24/h1,3-5,8-9,16-18,21,23,25,28,35H,6-7,10-15,19-20H2/t23?,25?,28?,32-/m1/s1. The number of hydrogen-bond acceptors (Lipinski definition) is 3. The molecule has 1 saturated heterocycles. The van der Waals surface area contributed by atoms with Gasteiger partial charge in [0, 0.05) is 54.6 Å². The third-order valence-corrected chi connectivity index (χ3v) is 9.05. The predicted octanol–water partition coefficient (Wildman–Crippen LogP) is 5.80. The molecular formula is C32H34F2N4O. The number of nitrogens with zero attached hydrogens (tertiary/aromatic N) is 3. The Morgan fingerprint density at radius 3 is 2.64 bits per heavy atom. The van der Waals surface area contributed by atoms with Crippen LogP contribution in [0.5, 0.6) is 0 Å². The number of carbonyl (C=O) groups excluding carboxylic acids is 1. The van der Waals surface area contributed by atoms with Crippen LogP contribution in [0, 0.1) is 35.3 Å². The van der Waals surface area contributed by atoms with Gasteiger partial charge in [-0.2, -0.15) is 0 Å². The number of carbonyl (C=O) groups is 1. The average molecular weight is 529 g/mol. The fourth-order valence-electron chi connectivity index (χ4n) is 6.95. The molecule has 39 heavy (non-hydrogen) atoms. The zero-order valence-corrected chi connectivity index (χ0v) is 22.1. The van der Waals surface area contributed by atoms with Crippen LogP contribution < -0.4 is 5.32 Å². The van der Waals surface area contributed by atoms with E-state index in [4.69, 9.17) is 11.4 Å². The maximum absolute atomic E-state index is 14.2. The second-order valence-corrected chi connectivity index (χ2v) is 11.3. The highest BCUT2D eigenvalue weighted by atomic mass is 19.1. The molecule has 0 radical (unpaired) electrons. The van der Waals surface area contributed by atoms with Crippen LogP contribution in [0.3, 0.4) is 0 Å². The van der Waals surface area contributed by atoms with Gasteiger partial charge in [-0.15, -0.1) is 12.3 Å². The minimum Gasteiger partial charge on any atom is -0.335 e. The summed E-state index contributed by atoms with van der Waals surface area (Å²) in [5.74, 6) is 1.75. The number of hydrogen-bond donors (Lipinski definition) is 1. The van der Waals surface area contributed by atoms with Crippen molar-refractivity contribution in [2.24, 2.45) is 11.3 Å². The van der Waals surface area contributed by atoms with Crippen molar-refractivity contribution < 1.29 is 13.6 Å². The van der Waals surface area contributed by atoms with Gasteiger partial charge in [0.1, 0.15) is 11.6 Å². The predicted molar refractivity (Wildman–Crippen MR) is 147 cm³/mol. The first-order valence-electron chi connectivity index (χ1n) is 14.0. The van der Waals surface area contributed by atoms with Crippen LogP contribution in [-0.2, 0) is 0 Å². The van der Waals surface area contributed by atoms with Crippen LogP contribution in [0.15, 0.2) is 54.9 Å². The van der Waals surface area contributed by atoms with Crippen molar-refractivity contribution in [1.82, 2.24) is 19.8 Å². The molecule has 1 aromatic heterocycles. The highest BCUT2D eigenvalue weighted by Gasteiger charge is 2.60. The maximum atomic E-state index is 14.2. The molecule has 1 amide bonds. The van der Waals surface area contributed by atoms with Gasteiger partial charge in [0.15, 0.2) is 5.69 Å². The number of aromatic nitrogens is 2. The van der Waals surface area contributed by atoms with Crippen LogP contribution >= 0.6 is 0 Å². The van der Waals surface area contributed by atoms with E-state index in [0.717, 1.165) is 43.1 Å². The highest BCUT2D eigenvalue weighted by molar-refractivity contribution is 5.98. The Balaban J connectivity index is 1.35. The van der Waals surface area contributed by atoms with E-state index < -0.39 is 11.6 Å². The summed E-state index contributed by atoms with van der Waals surface area (Å²) in [4.78, 5) is 20.7. The quantitative estimate of drug-likeness (QED) is 0.436. The largest absolute Gasteiger partial charge is 0.335 e. The molecule has 0 bridgehead atoms. The zero-order chi connectivity index (χ0) is 27.0. The molecule has 3 unspecified atom stereocenters. The molecule has 1 spiro atoms. The minimum atomic E-state index is -0.602. The van der Waals surface area contributed by atoms with Gasteiger partial charge in [-0.1, -0.05) is 43.2 Å². The van der Waals surface area contributed by atoms with Crippen LogP contribution in [0.2, 0.25) is 0 Å². The summed E-state index contributed by atoms with van der Waals surface area (Å²) in [6.45, 7) is 2.22. The fourth-order valence-corrected chi connectivity index (χ4v) is 6.95. The molecule has 2 aliphatic carbocycles. The van der Waals surface area contributed by atoms with Crippen LogP contribution in [0.1, 0.15) is 66.5 Å². The molecule has 5 nitrogen and oxygen atoms in total. The first-order valence-corrected chi connectivity index (χ1v) is 14.0. The van der Waals surface area contributed by atoms with Crippen LogP contribution in [0.4, 0.5) is 8.78 Å². The Kier molecular flexibility index (Phi) is 6.99. The van der Waals surface area contributed by atoms with Gasteiger partial charge in [-0.05, 0) is 49.9 Å². The van der Waals surface area contributed by atoms with E-state index >= 15 is 0 Å². The van der Waals surface area contributed by atoms with Crippen molar-refractivity contribution in [1.29, 1.82) is 0 Å². The lowest BCUT2D eigenvalue weighted by Crippen LogP contribution is -2.42. The van der Waals surface area contributed by atoms with Crippen LogP contribution in [0.25, 0.3) is 11.3 Å².